The van der Waals surface area contributed by atoms with Crippen LogP contribution in [-0.2, 0) is 4.79 Å². The SMILES string of the molecule is CC#CC(=O)Nc1cc2c(Nc3ccc(Oc4ccn5ncnc5c4)c(C)c3)ncnc2cc1OCCNC. The number of benzene rings is 2. The van der Waals surface area contributed by atoms with Crippen LogP contribution in [0.3, 0.4) is 0 Å². The number of amides is 1. The zero-order valence-electron chi connectivity index (χ0n) is 21.6. The quantitative estimate of drug-likeness (QED) is 0.194. The fraction of sp³-hybridized carbons (Fsp3) is 0.179. The molecular weight excluding hydrogens is 496 g/mol. The third kappa shape index (κ3) is 5.87. The third-order valence-electron chi connectivity index (χ3n) is 5.75. The summed E-state index contributed by atoms with van der Waals surface area (Å²) in [6.45, 7) is 4.63. The molecule has 11 nitrogen and oxygen atoms in total. The molecule has 3 aromatic heterocycles. The van der Waals surface area contributed by atoms with Gasteiger partial charge in [0.2, 0.25) is 0 Å². The van der Waals surface area contributed by atoms with E-state index in [0.29, 0.717) is 58.5 Å². The molecule has 5 rings (SSSR count). The van der Waals surface area contributed by atoms with Crippen molar-refractivity contribution in [3.63, 3.8) is 0 Å². The molecule has 0 aliphatic carbocycles. The number of nitrogens with one attached hydrogen (secondary N) is 3. The predicted octanol–water partition coefficient (Wildman–Crippen LogP) is 4.08. The minimum Gasteiger partial charge on any atom is -0.490 e. The highest BCUT2D eigenvalue weighted by atomic mass is 16.5. The van der Waals surface area contributed by atoms with Crippen molar-refractivity contribution in [2.24, 2.45) is 0 Å². The van der Waals surface area contributed by atoms with E-state index in [4.69, 9.17) is 9.47 Å². The Bertz CT molecular complexity index is 1720. The molecule has 0 saturated carbocycles. The molecule has 2 aromatic carbocycles. The Hall–Kier alpha value is -5.21. The van der Waals surface area contributed by atoms with Crippen LogP contribution < -0.4 is 25.4 Å². The van der Waals surface area contributed by atoms with Gasteiger partial charge in [0.05, 0.1) is 11.2 Å². The number of pyridine rings is 1. The fourth-order valence-electron chi connectivity index (χ4n) is 3.90. The van der Waals surface area contributed by atoms with Crippen LogP contribution in [0.15, 0.2) is 61.3 Å². The Kier molecular flexibility index (Phi) is 7.47. The van der Waals surface area contributed by atoms with Crippen LogP contribution in [0.1, 0.15) is 12.5 Å². The zero-order valence-corrected chi connectivity index (χ0v) is 21.6. The number of ether oxygens (including phenoxy) is 2. The number of fused-ring (bicyclic) bond motifs is 2. The second kappa shape index (κ2) is 11.5. The molecule has 3 heterocycles. The molecule has 0 spiro atoms. The topological polar surface area (TPSA) is 128 Å². The second-order valence-corrected chi connectivity index (χ2v) is 8.50. The van der Waals surface area contributed by atoms with Crippen LogP contribution in [-0.4, -0.2) is 50.7 Å². The van der Waals surface area contributed by atoms with E-state index in [1.165, 1.54) is 12.7 Å². The van der Waals surface area contributed by atoms with E-state index < -0.39 is 5.91 Å². The maximum absolute atomic E-state index is 12.2. The van der Waals surface area contributed by atoms with Crippen molar-refractivity contribution in [3.05, 3.63) is 66.9 Å². The van der Waals surface area contributed by atoms with Crippen LogP contribution in [0, 0.1) is 18.8 Å². The molecule has 1 amide bonds. The van der Waals surface area contributed by atoms with Gasteiger partial charge in [-0.2, -0.15) is 5.10 Å². The molecule has 0 aliphatic heterocycles. The Balaban J connectivity index is 1.41. The number of carbonyl (C=O) groups excluding carboxylic acids is 1. The van der Waals surface area contributed by atoms with Crippen molar-refractivity contribution in [1.82, 2.24) is 29.9 Å². The lowest BCUT2D eigenvalue weighted by Gasteiger charge is -2.15. The van der Waals surface area contributed by atoms with E-state index in [2.05, 4.69) is 47.8 Å². The van der Waals surface area contributed by atoms with Crippen LogP contribution in [0.2, 0.25) is 0 Å². The van der Waals surface area contributed by atoms with Crippen molar-refractivity contribution in [3.8, 4) is 29.1 Å². The molecule has 196 valence electrons. The molecule has 39 heavy (non-hydrogen) atoms. The first-order valence-corrected chi connectivity index (χ1v) is 12.2. The number of nitrogens with zero attached hydrogens (tertiary/aromatic N) is 5. The van der Waals surface area contributed by atoms with Crippen LogP contribution >= 0.6 is 0 Å². The molecule has 5 aromatic rings. The molecule has 0 saturated heterocycles. The minimum atomic E-state index is -0.434. The van der Waals surface area contributed by atoms with Gasteiger partial charge in [-0.15, -0.1) is 0 Å². The highest BCUT2D eigenvalue weighted by Gasteiger charge is 2.14. The number of carbonyl (C=O) groups is 1. The third-order valence-corrected chi connectivity index (χ3v) is 5.75. The van der Waals surface area contributed by atoms with Gasteiger partial charge in [-0.05, 0) is 62.7 Å². The Morgan fingerprint density at radius 2 is 1.95 bits per heavy atom. The van der Waals surface area contributed by atoms with Crippen LogP contribution in [0.5, 0.6) is 17.2 Å². The Morgan fingerprint density at radius 3 is 2.77 bits per heavy atom. The van der Waals surface area contributed by atoms with Crippen molar-refractivity contribution in [1.29, 1.82) is 0 Å². The minimum absolute atomic E-state index is 0.418. The first-order valence-electron chi connectivity index (χ1n) is 12.2. The summed E-state index contributed by atoms with van der Waals surface area (Å²) in [5, 5.41) is 14.0. The van der Waals surface area contributed by atoms with Crippen molar-refractivity contribution >= 4 is 39.6 Å². The van der Waals surface area contributed by atoms with Gasteiger partial charge in [0.1, 0.15) is 42.3 Å². The monoisotopic (exact) mass is 522 g/mol. The number of hydrogen-bond acceptors (Lipinski definition) is 9. The highest BCUT2D eigenvalue weighted by molar-refractivity contribution is 6.06. The van der Waals surface area contributed by atoms with E-state index >= 15 is 0 Å². The molecule has 0 aliphatic rings. The van der Waals surface area contributed by atoms with Gasteiger partial charge < -0.3 is 25.4 Å². The number of rotatable bonds is 9. The molecule has 3 N–H and O–H groups in total. The van der Waals surface area contributed by atoms with Crippen molar-refractivity contribution in [2.75, 3.05) is 30.8 Å². The maximum atomic E-state index is 12.2. The molecule has 0 atom stereocenters. The van der Waals surface area contributed by atoms with Gasteiger partial charge in [-0.1, -0.05) is 5.92 Å². The van der Waals surface area contributed by atoms with Crippen LogP contribution in [0.25, 0.3) is 16.6 Å². The molecule has 0 bridgehead atoms. The van der Waals surface area contributed by atoms with Gasteiger partial charge in [0.15, 0.2) is 5.65 Å². The van der Waals surface area contributed by atoms with E-state index in [1.54, 1.807) is 29.8 Å². The van der Waals surface area contributed by atoms with E-state index in [9.17, 15) is 4.79 Å². The molecular formula is C28H26N8O3. The lowest BCUT2D eigenvalue weighted by Crippen LogP contribution is -2.17. The van der Waals surface area contributed by atoms with Gasteiger partial charge >= 0.3 is 0 Å². The predicted molar refractivity (Wildman–Crippen MR) is 149 cm³/mol. The van der Waals surface area contributed by atoms with Gasteiger partial charge in [0.25, 0.3) is 5.91 Å². The molecule has 0 unspecified atom stereocenters. The molecule has 11 heteroatoms. The second-order valence-electron chi connectivity index (χ2n) is 8.50. The Morgan fingerprint density at radius 1 is 1.05 bits per heavy atom. The van der Waals surface area contributed by atoms with Gasteiger partial charge in [-0.25, -0.2) is 19.5 Å². The lowest BCUT2D eigenvalue weighted by atomic mass is 10.1. The largest absolute Gasteiger partial charge is 0.490 e. The number of hydrogen-bond donors (Lipinski definition) is 3. The number of anilines is 3. The standard InChI is InChI=1S/C28H26N8O3/c1-4-5-27(37)35-23-14-21-22(15-25(23)38-11-9-29-3)30-16-32-28(21)34-19-6-7-24(18(2)12-19)39-20-8-10-36-26(13-20)31-17-33-36/h6-8,10,12-17,29H,9,11H2,1-3H3,(H,35,37)(H,30,32,34). The summed E-state index contributed by atoms with van der Waals surface area (Å²) in [5.41, 5.74) is 3.57. The number of aromatic nitrogens is 5. The van der Waals surface area contributed by atoms with E-state index in [1.807, 2.05) is 44.3 Å². The number of likely N-dealkylation sites (N-methyl/N-ethyl adjacent to an activating group) is 1. The lowest BCUT2D eigenvalue weighted by molar-refractivity contribution is -0.111. The summed E-state index contributed by atoms with van der Waals surface area (Å²) < 4.78 is 13.6. The summed E-state index contributed by atoms with van der Waals surface area (Å²) >= 11 is 0. The van der Waals surface area contributed by atoms with E-state index in [-0.39, 0.29) is 0 Å². The average Bonchev–Trinajstić information content (AvgIpc) is 3.39. The highest BCUT2D eigenvalue weighted by Crippen LogP contribution is 2.34. The van der Waals surface area contributed by atoms with Gasteiger partial charge in [0, 0.05) is 35.9 Å². The summed E-state index contributed by atoms with van der Waals surface area (Å²) in [6.07, 6.45) is 4.77. The van der Waals surface area contributed by atoms with Crippen LogP contribution in [0.4, 0.5) is 17.2 Å². The van der Waals surface area contributed by atoms with Gasteiger partial charge in [-0.3, -0.25) is 4.79 Å². The fourth-order valence-corrected chi connectivity index (χ4v) is 3.90. The van der Waals surface area contributed by atoms with E-state index in [0.717, 1.165) is 11.3 Å². The van der Waals surface area contributed by atoms with Crippen molar-refractivity contribution in [2.45, 2.75) is 13.8 Å². The van der Waals surface area contributed by atoms with Crippen molar-refractivity contribution < 1.29 is 14.3 Å². The molecule has 0 fully saturated rings. The summed E-state index contributed by atoms with van der Waals surface area (Å²) in [5.74, 6) is 7.11. The summed E-state index contributed by atoms with van der Waals surface area (Å²) in [6, 6.07) is 13.0. The summed E-state index contributed by atoms with van der Waals surface area (Å²) in [7, 11) is 1.84. The Labute approximate surface area is 224 Å². The normalized spacial score (nSPS) is 10.6. The maximum Gasteiger partial charge on any atom is 0.300 e. The zero-order chi connectivity index (χ0) is 27.2. The molecule has 0 radical (unpaired) electrons. The first kappa shape index (κ1) is 25.4. The smallest absolute Gasteiger partial charge is 0.300 e. The summed E-state index contributed by atoms with van der Waals surface area (Å²) in [4.78, 5) is 25.3. The first-order chi connectivity index (χ1) is 19.0. The average molecular weight is 523 g/mol. The number of aryl methyl sites for hydroxylation is 1.